The Morgan fingerprint density at radius 2 is 1.67 bits per heavy atom. The summed E-state index contributed by atoms with van der Waals surface area (Å²) in [4.78, 5) is 39.0. The van der Waals surface area contributed by atoms with Crippen LogP contribution in [0.15, 0.2) is 66.7 Å². The van der Waals surface area contributed by atoms with Crippen LogP contribution in [0.2, 0.25) is 0 Å². The van der Waals surface area contributed by atoms with Crippen LogP contribution in [0.3, 0.4) is 0 Å². The molecule has 1 N–H and O–H groups in total. The lowest BCUT2D eigenvalue weighted by Gasteiger charge is -2.29. The van der Waals surface area contributed by atoms with E-state index in [4.69, 9.17) is 18.9 Å². The maximum absolute atomic E-state index is 13.6. The van der Waals surface area contributed by atoms with Crippen molar-refractivity contribution in [2.75, 3.05) is 14.2 Å². The van der Waals surface area contributed by atoms with Crippen molar-refractivity contribution in [3.63, 3.8) is 0 Å². The van der Waals surface area contributed by atoms with Gasteiger partial charge in [0.1, 0.15) is 24.2 Å². The number of allylic oxidation sites excluding steroid dienone is 1. The first-order valence-corrected chi connectivity index (χ1v) is 15.4. The quantitative estimate of drug-likeness (QED) is 0.250. The minimum absolute atomic E-state index is 0.0279. The molecule has 4 atom stereocenters. The molecule has 3 aliphatic carbocycles. The monoisotopic (exact) mass is 608 g/mol. The summed E-state index contributed by atoms with van der Waals surface area (Å²) in [6.45, 7) is 0.220. The number of amides is 1. The molecule has 0 aliphatic heterocycles. The van der Waals surface area contributed by atoms with E-state index < -0.39 is 17.9 Å². The molecule has 6 rings (SSSR count). The highest BCUT2D eigenvalue weighted by Gasteiger charge is 2.49. The van der Waals surface area contributed by atoms with Gasteiger partial charge in [0.15, 0.2) is 0 Å². The van der Waals surface area contributed by atoms with Crippen molar-refractivity contribution in [1.82, 2.24) is 5.32 Å². The zero-order valence-corrected chi connectivity index (χ0v) is 25.4. The van der Waals surface area contributed by atoms with Crippen molar-refractivity contribution < 1.29 is 33.3 Å². The number of fused-ring (bicyclic) bond motifs is 3. The number of carbonyl (C=O) groups excluding carboxylic acids is 3. The van der Waals surface area contributed by atoms with Gasteiger partial charge in [-0.3, -0.25) is 14.4 Å². The smallest absolute Gasteiger partial charge is 0.311 e. The number of methoxy groups -OCH3 is 2. The van der Waals surface area contributed by atoms with Crippen molar-refractivity contribution in [1.29, 1.82) is 5.26 Å². The Hall–Kier alpha value is -4.84. The molecule has 3 aromatic rings. The van der Waals surface area contributed by atoms with Crippen LogP contribution >= 0.6 is 0 Å². The summed E-state index contributed by atoms with van der Waals surface area (Å²) in [6.07, 6.45) is 6.99. The molecular weight excluding hydrogens is 572 g/mol. The molecule has 0 spiro atoms. The summed E-state index contributed by atoms with van der Waals surface area (Å²) in [5.74, 6) is -1.08. The van der Waals surface area contributed by atoms with E-state index in [1.165, 1.54) is 26.4 Å². The lowest BCUT2D eigenvalue weighted by Crippen LogP contribution is -2.46. The number of carbonyl (C=O) groups is 3. The molecule has 0 radical (unpaired) electrons. The van der Waals surface area contributed by atoms with E-state index in [0.29, 0.717) is 25.7 Å². The molecule has 2 saturated carbocycles. The molecule has 0 aromatic heterocycles. The third kappa shape index (κ3) is 6.10. The van der Waals surface area contributed by atoms with Crippen LogP contribution in [-0.2, 0) is 25.7 Å². The van der Waals surface area contributed by atoms with Gasteiger partial charge >= 0.3 is 11.9 Å². The van der Waals surface area contributed by atoms with E-state index >= 15 is 0 Å². The zero-order chi connectivity index (χ0) is 31.5. The SMILES string of the molecule is COC(=O)C1C2C=CC(C2)C1NC(=O)c1cc(OC2CCC(C(=O)OCc3cccc4ccccc34)CC2)c(C#N)cc1OC. The van der Waals surface area contributed by atoms with Crippen LogP contribution in [0.5, 0.6) is 11.5 Å². The van der Waals surface area contributed by atoms with Crippen molar-refractivity contribution in [2.45, 2.75) is 50.9 Å². The first-order chi connectivity index (χ1) is 21.9. The highest BCUT2D eigenvalue weighted by atomic mass is 16.5. The number of hydrogen-bond donors (Lipinski definition) is 1. The van der Waals surface area contributed by atoms with Crippen LogP contribution in [0, 0.1) is 35.0 Å². The van der Waals surface area contributed by atoms with E-state index in [1.807, 2.05) is 54.6 Å². The molecule has 0 saturated heterocycles. The summed E-state index contributed by atoms with van der Waals surface area (Å²) in [5, 5.41) is 15.1. The summed E-state index contributed by atoms with van der Waals surface area (Å²) in [6, 6.07) is 18.8. The second kappa shape index (κ2) is 13.0. The average Bonchev–Trinajstić information content (AvgIpc) is 3.69. The predicted molar refractivity (Wildman–Crippen MR) is 165 cm³/mol. The van der Waals surface area contributed by atoms with E-state index in [1.54, 1.807) is 0 Å². The molecule has 232 valence electrons. The van der Waals surface area contributed by atoms with E-state index in [-0.39, 0.29) is 65.0 Å². The zero-order valence-electron chi connectivity index (χ0n) is 25.4. The molecule has 9 nitrogen and oxygen atoms in total. The number of benzene rings is 3. The minimum atomic E-state index is -0.456. The Bertz CT molecular complexity index is 1680. The Morgan fingerprint density at radius 1 is 0.911 bits per heavy atom. The van der Waals surface area contributed by atoms with Gasteiger partial charge in [-0.1, -0.05) is 54.6 Å². The predicted octanol–water partition coefficient (Wildman–Crippen LogP) is 5.49. The first-order valence-electron chi connectivity index (χ1n) is 15.4. The highest BCUT2D eigenvalue weighted by molar-refractivity contribution is 5.98. The van der Waals surface area contributed by atoms with Crippen molar-refractivity contribution in [3.8, 4) is 17.6 Å². The van der Waals surface area contributed by atoms with Crippen molar-refractivity contribution >= 4 is 28.6 Å². The fourth-order valence-corrected chi connectivity index (χ4v) is 7.08. The minimum Gasteiger partial charge on any atom is -0.496 e. The number of nitrogens with zero attached hydrogens (tertiary/aromatic N) is 1. The van der Waals surface area contributed by atoms with Crippen molar-refractivity contribution in [2.24, 2.45) is 23.7 Å². The van der Waals surface area contributed by atoms with Gasteiger partial charge in [-0.2, -0.15) is 5.26 Å². The Kier molecular flexibility index (Phi) is 8.74. The van der Waals surface area contributed by atoms with E-state index in [2.05, 4.69) is 11.4 Å². The number of esters is 2. The second-order valence-electron chi connectivity index (χ2n) is 12.0. The van der Waals surface area contributed by atoms with Crippen LogP contribution in [-0.4, -0.2) is 44.2 Å². The van der Waals surface area contributed by atoms with Gasteiger partial charge < -0.3 is 24.3 Å². The van der Waals surface area contributed by atoms with E-state index in [0.717, 1.165) is 22.8 Å². The van der Waals surface area contributed by atoms with Crippen LogP contribution in [0.25, 0.3) is 10.8 Å². The summed E-state index contributed by atoms with van der Waals surface area (Å²) < 4.78 is 22.5. The van der Waals surface area contributed by atoms with Gasteiger partial charge in [-0.15, -0.1) is 0 Å². The van der Waals surface area contributed by atoms with Gasteiger partial charge in [0.25, 0.3) is 5.91 Å². The molecule has 45 heavy (non-hydrogen) atoms. The molecule has 2 bridgehead atoms. The number of ether oxygens (including phenoxy) is 4. The summed E-state index contributed by atoms with van der Waals surface area (Å²) in [7, 11) is 2.79. The first kappa shape index (κ1) is 30.2. The van der Waals surface area contributed by atoms with Crippen LogP contribution < -0.4 is 14.8 Å². The number of rotatable bonds is 9. The van der Waals surface area contributed by atoms with Gasteiger partial charge in [-0.05, 0) is 66.3 Å². The highest BCUT2D eigenvalue weighted by Crippen LogP contribution is 2.44. The summed E-state index contributed by atoms with van der Waals surface area (Å²) >= 11 is 0. The van der Waals surface area contributed by atoms with Gasteiger partial charge in [0.05, 0.1) is 43.3 Å². The van der Waals surface area contributed by atoms with Crippen LogP contribution in [0.4, 0.5) is 0 Å². The fourth-order valence-electron chi connectivity index (χ4n) is 7.08. The van der Waals surface area contributed by atoms with Gasteiger partial charge in [0, 0.05) is 12.1 Å². The van der Waals surface area contributed by atoms with E-state index in [9.17, 15) is 19.6 Å². The molecule has 1 amide bonds. The number of nitriles is 1. The van der Waals surface area contributed by atoms with Gasteiger partial charge in [-0.25, -0.2) is 0 Å². The molecule has 2 fully saturated rings. The van der Waals surface area contributed by atoms with Crippen molar-refractivity contribution in [3.05, 3.63) is 83.4 Å². The fraction of sp³-hybridized carbons (Fsp3) is 0.389. The Balaban J connectivity index is 1.09. The standard InChI is InChI=1S/C36H36N2O7/c1-42-31-17-26(19-37)30(18-29(31)34(39)38-33-24-11-10-23(16-24)32(33)36(41)43-2)45-27-14-12-22(13-15-27)35(40)44-20-25-8-5-7-21-6-3-4-9-28(21)25/h3-11,17-18,22-24,27,32-33H,12-16,20H2,1-2H3,(H,38,39). The molecule has 3 aromatic carbocycles. The van der Waals surface area contributed by atoms with Crippen LogP contribution in [0.1, 0.15) is 53.6 Å². The topological polar surface area (TPSA) is 124 Å². The number of nitrogens with one attached hydrogen (secondary N) is 1. The third-order valence-corrected chi connectivity index (χ3v) is 9.45. The summed E-state index contributed by atoms with van der Waals surface area (Å²) in [5.41, 5.74) is 1.43. The molecule has 9 heteroatoms. The lowest BCUT2D eigenvalue weighted by atomic mass is 9.87. The normalized spacial score (nSPS) is 24.9. The molecule has 3 aliphatic rings. The number of hydrogen-bond acceptors (Lipinski definition) is 8. The van der Waals surface area contributed by atoms with Gasteiger partial charge in [0.2, 0.25) is 0 Å². The Morgan fingerprint density at radius 3 is 2.42 bits per heavy atom. The molecule has 0 heterocycles. The molecular formula is C36H36N2O7. The second-order valence-corrected chi connectivity index (χ2v) is 12.0. The maximum Gasteiger partial charge on any atom is 0.311 e. The molecule has 4 unspecified atom stereocenters. The average molecular weight is 609 g/mol. The third-order valence-electron chi connectivity index (χ3n) is 9.45. The maximum atomic E-state index is 13.6. The largest absolute Gasteiger partial charge is 0.496 e. The Labute approximate surface area is 262 Å². The lowest BCUT2D eigenvalue weighted by molar-refractivity contribution is -0.151.